The lowest BCUT2D eigenvalue weighted by molar-refractivity contribution is 0.510. The van der Waals surface area contributed by atoms with E-state index in [9.17, 15) is 8.78 Å². The fourth-order valence-electron chi connectivity index (χ4n) is 2.24. The zero-order chi connectivity index (χ0) is 15.8. The summed E-state index contributed by atoms with van der Waals surface area (Å²) in [6.07, 6.45) is 1.69. The first-order chi connectivity index (χ1) is 9.77. The molecule has 112 valence electrons. The molecule has 1 heterocycles. The van der Waals surface area contributed by atoms with Gasteiger partial charge in [-0.05, 0) is 12.1 Å². The van der Waals surface area contributed by atoms with E-state index in [0.29, 0.717) is 18.2 Å². The van der Waals surface area contributed by atoms with Crippen molar-refractivity contribution >= 4 is 5.82 Å². The Bertz CT molecular complexity index is 682. The molecule has 0 spiro atoms. The molecule has 0 atom stereocenters. The average Bonchev–Trinajstić information content (AvgIpc) is 2.71. The highest BCUT2D eigenvalue weighted by atomic mass is 19.2. The lowest BCUT2D eigenvalue weighted by Gasteiger charge is -2.19. The van der Waals surface area contributed by atoms with E-state index in [1.165, 1.54) is 12.1 Å². The quantitative estimate of drug-likeness (QED) is 0.872. The summed E-state index contributed by atoms with van der Waals surface area (Å²) in [6, 6.07) is 3.98. The molecule has 0 saturated heterocycles. The fourth-order valence-corrected chi connectivity index (χ4v) is 2.24. The van der Waals surface area contributed by atoms with Gasteiger partial charge in [0.1, 0.15) is 17.3 Å². The van der Waals surface area contributed by atoms with E-state index in [-0.39, 0.29) is 16.7 Å². The number of imidazole rings is 1. The molecule has 2 rings (SSSR count). The molecular formula is C16H19F2N3. The van der Waals surface area contributed by atoms with Crippen LogP contribution < -0.4 is 5.73 Å². The molecule has 3 nitrogen and oxygen atoms in total. The molecule has 0 aliphatic heterocycles. The van der Waals surface area contributed by atoms with Gasteiger partial charge >= 0.3 is 0 Å². The molecule has 21 heavy (non-hydrogen) atoms. The molecule has 1 aromatic heterocycles. The Hall–Kier alpha value is -2.17. The number of hydrogen-bond donors (Lipinski definition) is 1. The van der Waals surface area contributed by atoms with Gasteiger partial charge in [-0.15, -0.1) is 6.58 Å². The van der Waals surface area contributed by atoms with E-state index in [1.54, 1.807) is 10.6 Å². The van der Waals surface area contributed by atoms with Crippen LogP contribution in [0, 0.1) is 11.6 Å². The molecule has 5 heteroatoms. The van der Waals surface area contributed by atoms with Crippen LogP contribution in [-0.2, 0) is 12.0 Å². The van der Waals surface area contributed by atoms with Crippen LogP contribution >= 0.6 is 0 Å². The molecule has 0 fully saturated rings. The molecule has 2 N–H and O–H groups in total. The van der Waals surface area contributed by atoms with Crippen molar-refractivity contribution in [3.63, 3.8) is 0 Å². The maximum Gasteiger partial charge on any atom is 0.168 e. The Kier molecular flexibility index (Phi) is 3.85. The molecule has 2 aromatic rings. The summed E-state index contributed by atoms with van der Waals surface area (Å²) in [5.41, 5.74) is 6.16. The van der Waals surface area contributed by atoms with Gasteiger partial charge < -0.3 is 10.3 Å². The van der Waals surface area contributed by atoms with Crippen LogP contribution in [0.1, 0.15) is 26.6 Å². The first-order valence-corrected chi connectivity index (χ1v) is 6.69. The monoisotopic (exact) mass is 291 g/mol. The predicted molar refractivity (Wildman–Crippen MR) is 80.9 cm³/mol. The summed E-state index contributed by atoms with van der Waals surface area (Å²) >= 11 is 0. The van der Waals surface area contributed by atoms with E-state index in [4.69, 9.17) is 5.73 Å². The number of hydrogen-bond acceptors (Lipinski definition) is 2. The number of aromatic nitrogens is 2. The second-order valence-corrected chi connectivity index (χ2v) is 5.92. The normalized spacial score (nSPS) is 11.7. The summed E-state index contributed by atoms with van der Waals surface area (Å²) in [4.78, 5) is 4.46. The van der Waals surface area contributed by atoms with Gasteiger partial charge in [0.2, 0.25) is 0 Å². The average molecular weight is 291 g/mol. The molecular weight excluding hydrogens is 272 g/mol. The van der Waals surface area contributed by atoms with Crippen molar-refractivity contribution in [1.29, 1.82) is 0 Å². The third kappa shape index (κ3) is 2.68. The fraction of sp³-hybridized carbons (Fsp3) is 0.312. The first kappa shape index (κ1) is 15.2. The first-order valence-electron chi connectivity index (χ1n) is 6.69. The molecule has 0 aliphatic rings. The van der Waals surface area contributed by atoms with Gasteiger partial charge in [-0.1, -0.05) is 32.9 Å². The molecule has 0 bridgehead atoms. The minimum Gasteiger partial charge on any atom is -0.383 e. The topological polar surface area (TPSA) is 43.8 Å². The molecule has 0 aliphatic carbocycles. The second-order valence-electron chi connectivity index (χ2n) is 5.92. The van der Waals surface area contributed by atoms with Crippen LogP contribution in [0.2, 0.25) is 0 Å². The highest BCUT2D eigenvalue weighted by Crippen LogP contribution is 2.33. The van der Waals surface area contributed by atoms with Gasteiger partial charge in [-0.2, -0.15) is 0 Å². The van der Waals surface area contributed by atoms with Gasteiger partial charge in [0.25, 0.3) is 0 Å². The highest BCUT2D eigenvalue weighted by Gasteiger charge is 2.26. The van der Waals surface area contributed by atoms with Crippen molar-refractivity contribution < 1.29 is 8.78 Å². The SMILES string of the molecule is C=CCn1c(C(C)(C)C)nc(-c2cccc(F)c2F)c1N. The Labute approximate surface area is 123 Å². The minimum atomic E-state index is -0.937. The maximum absolute atomic E-state index is 14.0. The van der Waals surface area contributed by atoms with Gasteiger partial charge in [-0.25, -0.2) is 13.8 Å². The zero-order valence-electron chi connectivity index (χ0n) is 12.5. The minimum absolute atomic E-state index is 0.0702. The van der Waals surface area contributed by atoms with Crippen LogP contribution in [0.5, 0.6) is 0 Å². The summed E-state index contributed by atoms with van der Waals surface area (Å²) < 4.78 is 29.2. The number of nitrogen functional groups attached to an aromatic ring is 1. The highest BCUT2D eigenvalue weighted by molar-refractivity contribution is 5.72. The van der Waals surface area contributed by atoms with Crippen molar-refractivity contribution in [2.45, 2.75) is 32.7 Å². The molecule has 0 radical (unpaired) electrons. The van der Waals surface area contributed by atoms with Crippen LogP contribution in [0.25, 0.3) is 11.3 Å². The summed E-state index contributed by atoms with van der Waals surface area (Å²) in [5, 5.41) is 0. The van der Waals surface area contributed by atoms with Gasteiger partial charge in [0, 0.05) is 17.5 Å². The Morgan fingerprint density at radius 1 is 1.33 bits per heavy atom. The molecule has 0 amide bonds. The molecule has 0 saturated carbocycles. The van der Waals surface area contributed by atoms with Crippen molar-refractivity contribution in [2.75, 3.05) is 5.73 Å². The van der Waals surface area contributed by atoms with Crippen molar-refractivity contribution in [2.24, 2.45) is 0 Å². The largest absolute Gasteiger partial charge is 0.383 e. The molecule has 0 unspecified atom stereocenters. The molecule has 1 aromatic carbocycles. The van der Waals surface area contributed by atoms with E-state index >= 15 is 0 Å². The summed E-state index contributed by atoms with van der Waals surface area (Å²) in [6.45, 7) is 10.1. The Morgan fingerprint density at radius 3 is 2.57 bits per heavy atom. The Balaban J connectivity index is 2.71. The van der Waals surface area contributed by atoms with Crippen LogP contribution in [0.3, 0.4) is 0 Å². The third-order valence-corrected chi connectivity index (χ3v) is 3.20. The van der Waals surface area contributed by atoms with Gasteiger partial charge in [0.05, 0.1) is 0 Å². The van der Waals surface area contributed by atoms with E-state index in [2.05, 4.69) is 11.6 Å². The standard InChI is InChI=1S/C16H19F2N3/c1-5-9-21-14(19)13(20-15(21)16(2,3)4)10-7-6-8-11(17)12(10)18/h5-8H,1,9,19H2,2-4H3. The third-order valence-electron chi connectivity index (χ3n) is 3.20. The van der Waals surface area contributed by atoms with E-state index in [0.717, 1.165) is 6.07 Å². The summed E-state index contributed by atoms with van der Waals surface area (Å²) in [5.74, 6) is -0.835. The summed E-state index contributed by atoms with van der Waals surface area (Å²) in [7, 11) is 0. The lowest BCUT2D eigenvalue weighted by Crippen LogP contribution is -2.19. The van der Waals surface area contributed by atoms with E-state index < -0.39 is 11.6 Å². The van der Waals surface area contributed by atoms with Gasteiger partial charge in [0.15, 0.2) is 11.6 Å². The predicted octanol–water partition coefficient (Wildman–Crippen LogP) is 3.89. The number of rotatable bonds is 3. The van der Waals surface area contributed by atoms with Crippen LogP contribution in [0.15, 0.2) is 30.9 Å². The number of nitrogens with two attached hydrogens (primary N) is 1. The number of benzene rings is 1. The Morgan fingerprint density at radius 2 is 2.00 bits per heavy atom. The number of halogens is 2. The van der Waals surface area contributed by atoms with Crippen LogP contribution in [0.4, 0.5) is 14.6 Å². The smallest absolute Gasteiger partial charge is 0.168 e. The second kappa shape index (κ2) is 5.31. The van der Waals surface area contributed by atoms with Crippen molar-refractivity contribution in [3.05, 3.63) is 48.3 Å². The van der Waals surface area contributed by atoms with Crippen molar-refractivity contribution in [1.82, 2.24) is 9.55 Å². The van der Waals surface area contributed by atoms with E-state index in [1.807, 2.05) is 20.8 Å². The maximum atomic E-state index is 14.0. The van der Waals surface area contributed by atoms with Crippen molar-refractivity contribution in [3.8, 4) is 11.3 Å². The zero-order valence-corrected chi connectivity index (χ0v) is 12.5. The lowest BCUT2D eigenvalue weighted by atomic mass is 9.95. The number of anilines is 1. The number of allylic oxidation sites excluding steroid dienone is 1. The number of nitrogens with zero attached hydrogens (tertiary/aromatic N) is 2. The van der Waals surface area contributed by atoms with Gasteiger partial charge in [-0.3, -0.25) is 0 Å². The van der Waals surface area contributed by atoms with Crippen LogP contribution in [-0.4, -0.2) is 9.55 Å².